The zero-order valence-electron chi connectivity index (χ0n) is 47.1. The maximum Gasteiger partial charge on any atom is 0.326 e. The highest BCUT2D eigenvalue weighted by Crippen LogP contribution is 2.21. The minimum atomic E-state index is -2.11. The molecule has 33 heteroatoms. The topological polar surface area (TPSA) is 548 Å². The van der Waals surface area contributed by atoms with Gasteiger partial charge >= 0.3 is 23.9 Å². The number of aliphatic carboxylic acids is 4. The molecule has 1 aromatic carbocycles. The van der Waals surface area contributed by atoms with Gasteiger partial charge in [0.15, 0.2) is 5.96 Å². The first-order valence-corrected chi connectivity index (χ1v) is 26.9. The van der Waals surface area contributed by atoms with Crippen molar-refractivity contribution in [2.45, 2.75) is 159 Å². The molecular weight excluding hydrogens is 1110 g/mol. The van der Waals surface area contributed by atoms with Crippen molar-refractivity contribution < 1.29 is 87.5 Å². The van der Waals surface area contributed by atoms with E-state index in [4.69, 9.17) is 28.0 Å². The Labute approximate surface area is 482 Å². The summed E-state index contributed by atoms with van der Waals surface area (Å²) in [6.45, 7) is 5.30. The van der Waals surface area contributed by atoms with Gasteiger partial charge < -0.3 is 96.1 Å². The average Bonchev–Trinajstić information content (AvgIpc) is 4.15. The summed E-state index contributed by atoms with van der Waals surface area (Å²) in [5, 5.41) is 58.0. The summed E-state index contributed by atoms with van der Waals surface area (Å²) in [6.07, 6.45) is -1.71. The Morgan fingerprint density at radius 3 is 1.67 bits per heavy atom. The van der Waals surface area contributed by atoms with E-state index in [9.17, 15) is 82.4 Å². The van der Waals surface area contributed by atoms with Crippen LogP contribution in [0, 0.1) is 5.92 Å². The fraction of sp³-hybridized carbons (Fsp3) is 0.588. The van der Waals surface area contributed by atoms with Gasteiger partial charge in [0.05, 0.1) is 31.8 Å². The highest BCUT2D eigenvalue weighted by molar-refractivity contribution is 5.99. The third kappa shape index (κ3) is 25.4. The number of nitrogens with two attached hydrogens (primary N) is 4. The van der Waals surface area contributed by atoms with Crippen LogP contribution in [0.3, 0.4) is 0 Å². The lowest BCUT2D eigenvalue weighted by molar-refractivity contribution is -0.148. The van der Waals surface area contributed by atoms with Gasteiger partial charge in [-0.25, -0.2) is 4.79 Å². The summed E-state index contributed by atoms with van der Waals surface area (Å²) in [6, 6.07) is -6.23. The number of amides is 10. The van der Waals surface area contributed by atoms with Gasteiger partial charge in [-0.3, -0.25) is 67.3 Å². The predicted molar refractivity (Wildman–Crippen MR) is 295 cm³/mol. The van der Waals surface area contributed by atoms with Crippen molar-refractivity contribution >= 4 is 88.9 Å². The van der Waals surface area contributed by atoms with Crippen LogP contribution in [0.2, 0.25) is 0 Å². The van der Waals surface area contributed by atoms with Crippen molar-refractivity contribution in [2.24, 2.45) is 33.8 Å². The number of nitrogens with zero attached hydrogens (tertiary/aromatic N) is 2. The van der Waals surface area contributed by atoms with Gasteiger partial charge in [-0.15, -0.1) is 0 Å². The number of guanidine groups is 1. The number of hydrogen-bond donors (Lipinski definition) is 17. The molecule has 33 nitrogen and oxygen atoms in total. The monoisotopic (exact) mass is 1190 g/mol. The first-order chi connectivity index (χ1) is 39.4. The number of carboxylic acid groups (broad SMARTS) is 4. The molecule has 1 aromatic rings. The number of benzene rings is 1. The van der Waals surface area contributed by atoms with Crippen molar-refractivity contribution in [1.82, 2.24) is 52.8 Å². The van der Waals surface area contributed by atoms with E-state index in [0.717, 1.165) is 0 Å². The number of hydrogen-bond acceptors (Lipinski definition) is 17. The third-order valence-corrected chi connectivity index (χ3v) is 12.8. The molecule has 466 valence electrons. The lowest BCUT2D eigenvalue weighted by atomic mass is 10.0. The Bertz CT molecular complexity index is 2550. The van der Waals surface area contributed by atoms with E-state index in [1.165, 1.54) is 32.6 Å². The Morgan fingerprint density at radius 1 is 0.595 bits per heavy atom. The summed E-state index contributed by atoms with van der Waals surface area (Å²) in [5.41, 5.74) is 23.0. The molecule has 0 bridgehead atoms. The molecule has 1 fully saturated rings. The van der Waals surface area contributed by atoms with Crippen LogP contribution in [-0.2, 0) is 73.5 Å². The molecule has 1 saturated heterocycles. The van der Waals surface area contributed by atoms with Crippen LogP contribution in [0.1, 0.15) is 97.5 Å². The maximum atomic E-state index is 14.1. The maximum absolute atomic E-state index is 14.1. The number of rotatable bonds is 37. The molecule has 2 rings (SSSR count). The summed E-state index contributed by atoms with van der Waals surface area (Å²) in [4.78, 5) is 186. The number of carbonyl (C=O) groups is 14. The first-order valence-electron chi connectivity index (χ1n) is 26.9. The lowest BCUT2D eigenvalue weighted by Gasteiger charge is -2.30. The van der Waals surface area contributed by atoms with Crippen molar-refractivity contribution in [3.8, 4) is 0 Å². The minimum Gasteiger partial charge on any atom is -0.481 e. The highest BCUT2D eigenvalue weighted by Gasteiger charge is 2.40. The quantitative estimate of drug-likeness (QED) is 0.0167. The molecule has 0 unspecified atom stereocenters. The number of nitrogens with one attached hydrogen (secondary N) is 9. The van der Waals surface area contributed by atoms with E-state index >= 15 is 0 Å². The number of carboxylic acids is 4. The van der Waals surface area contributed by atoms with Gasteiger partial charge in [0.25, 0.3) is 0 Å². The van der Waals surface area contributed by atoms with E-state index < -0.39 is 175 Å². The van der Waals surface area contributed by atoms with Gasteiger partial charge in [0.2, 0.25) is 59.1 Å². The van der Waals surface area contributed by atoms with Gasteiger partial charge in [-0.05, 0) is 76.8 Å². The van der Waals surface area contributed by atoms with Crippen LogP contribution in [-0.4, -0.2) is 201 Å². The van der Waals surface area contributed by atoms with Gasteiger partial charge in [0.1, 0.15) is 54.4 Å². The molecule has 1 heterocycles. The Hall–Kier alpha value is -9.01. The Balaban J connectivity index is 2.30. The zero-order chi connectivity index (χ0) is 63.4. The molecule has 84 heavy (non-hydrogen) atoms. The van der Waals surface area contributed by atoms with Crippen LogP contribution in [0.5, 0.6) is 0 Å². The van der Waals surface area contributed by atoms with Crippen LogP contribution in [0.25, 0.3) is 0 Å². The summed E-state index contributed by atoms with van der Waals surface area (Å²) < 4.78 is 0. The van der Waals surface area contributed by atoms with E-state index in [1.54, 1.807) is 35.6 Å². The zero-order valence-corrected chi connectivity index (χ0v) is 47.1. The number of unbranched alkanes of at least 4 members (excludes halogenated alkanes) is 1. The molecule has 0 saturated carbocycles. The standard InChI is InChI=1S/C51H79N15O18/c1-25(2)40(48(81)57-24-36(67)59-32(21-37(68)69)45(78)62-33(22-38(70)71)46(79)64-34(50(83)84)23-39(72)73)65-43(76)29(15-10-18-56-51(54)55)60-42(75)27(4)58-44(77)31(20-28-12-6-5-7-13-28)63-47(80)35-16-11-19-66(35)49(82)30(14-8-9-17-52)61-41(74)26(3)53/h5-7,12-13,25-27,29-35,40H,8-11,14-24,52-53H2,1-4H3,(H,57,81)(H,58,77)(H,59,67)(H,60,75)(H,61,74)(H,62,78)(H,63,80)(H,64,79)(H,65,76)(H,68,69)(H,70,71)(H,72,73)(H,83,84)(H4,54,55,56)/t26-,27-,29-,30-,31-,32-,33-,34-,35-,40-/m0/s1. The van der Waals surface area contributed by atoms with Crippen LogP contribution < -0.4 is 70.8 Å². The Kier molecular flexibility index (Phi) is 30.3. The highest BCUT2D eigenvalue weighted by atomic mass is 16.4. The SMILES string of the molecule is CC(C)[C@H](NC(=O)[C@H](CCCN=C(N)N)NC(=O)[C@H](C)NC(=O)[C@H](Cc1ccccc1)NC(=O)[C@@H]1CCCN1C(=O)[C@H](CCCCN)NC(=O)[C@H](C)N)C(=O)NCC(=O)N[C@@H](CC(=O)O)C(=O)N[C@@H](CC(=O)O)C(=O)N[C@@H](CC(=O)O)C(=O)O. The molecule has 0 radical (unpaired) electrons. The molecule has 10 amide bonds. The molecule has 10 atom stereocenters. The molecular formula is C51H79N15O18. The second-order valence-corrected chi connectivity index (χ2v) is 20.1. The van der Waals surface area contributed by atoms with Crippen molar-refractivity contribution in [2.75, 3.05) is 26.2 Å². The largest absolute Gasteiger partial charge is 0.481 e. The van der Waals surface area contributed by atoms with Crippen molar-refractivity contribution in [1.29, 1.82) is 0 Å². The predicted octanol–water partition coefficient (Wildman–Crippen LogP) is -6.07. The second-order valence-electron chi connectivity index (χ2n) is 20.1. The number of likely N-dealkylation sites (tertiary alicyclic amines) is 1. The average molecular weight is 1190 g/mol. The molecule has 0 aliphatic carbocycles. The normalized spacial score (nSPS) is 15.9. The van der Waals surface area contributed by atoms with Crippen LogP contribution in [0.15, 0.2) is 35.3 Å². The van der Waals surface area contributed by atoms with Crippen LogP contribution in [0.4, 0.5) is 0 Å². The smallest absolute Gasteiger partial charge is 0.326 e. The summed E-state index contributed by atoms with van der Waals surface area (Å²) in [5.74, 6) is -17.5. The van der Waals surface area contributed by atoms with E-state index in [2.05, 4.69) is 36.9 Å². The van der Waals surface area contributed by atoms with E-state index in [0.29, 0.717) is 31.4 Å². The summed E-state index contributed by atoms with van der Waals surface area (Å²) >= 11 is 0. The van der Waals surface area contributed by atoms with Gasteiger partial charge in [-0.2, -0.15) is 0 Å². The third-order valence-electron chi connectivity index (χ3n) is 12.8. The molecule has 21 N–H and O–H groups in total. The molecule has 1 aliphatic heterocycles. The first kappa shape index (κ1) is 71.1. The van der Waals surface area contributed by atoms with Gasteiger partial charge in [0, 0.05) is 19.5 Å². The van der Waals surface area contributed by atoms with Crippen molar-refractivity contribution in [3.05, 3.63) is 35.9 Å². The summed E-state index contributed by atoms with van der Waals surface area (Å²) in [7, 11) is 0. The number of carbonyl (C=O) groups excluding carboxylic acids is 10. The number of aliphatic imine (C=N–C) groups is 1. The lowest BCUT2D eigenvalue weighted by Crippen LogP contribution is -2.60. The minimum absolute atomic E-state index is 0.0227. The van der Waals surface area contributed by atoms with Gasteiger partial charge in [-0.1, -0.05) is 44.2 Å². The van der Waals surface area contributed by atoms with Crippen molar-refractivity contribution in [3.63, 3.8) is 0 Å². The molecule has 1 aliphatic rings. The fourth-order valence-corrected chi connectivity index (χ4v) is 8.33. The van der Waals surface area contributed by atoms with E-state index in [1.807, 2.05) is 10.6 Å². The molecule has 0 spiro atoms. The van der Waals surface area contributed by atoms with Crippen LogP contribution >= 0.6 is 0 Å². The Morgan fingerprint density at radius 2 is 1.12 bits per heavy atom. The van der Waals surface area contributed by atoms with E-state index in [-0.39, 0.29) is 51.2 Å². The molecule has 0 aromatic heterocycles. The fourth-order valence-electron chi connectivity index (χ4n) is 8.33. The second kappa shape index (κ2) is 35.8.